The highest BCUT2D eigenvalue weighted by atomic mass is 35.5. The number of fused-ring (bicyclic) bond motifs is 1. The molecule has 1 aliphatic heterocycles. The van der Waals surface area contributed by atoms with Crippen LogP contribution in [-0.2, 0) is 6.54 Å². The van der Waals surface area contributed by atoms with Crippen LogP contribution in [0, 0.1) is 0 Å². The first kappa shape index (κ1) is 16.2. The van der Waals surface area contributed by atoms with E-state index in [9.17, 15) is 0 Å². The van der Waals surface area contributed by atoms with Gasteiger partial charge < -0.3 is 14.2 Å². The number of hydrogen-bond acceptors (Lipinski definition) is 4. The number of likely N-dealkylation sites (N-methyl/N-ethyl adjacent to an activating group) is 1. The van der Waals surface area contributed by atoms with Gasteiger partial charge in [0.2, 0.25) is 6.79 Å². The summed E-state index contributed by atoms with van der Waals surface area (Å²) >= 11 is 12.0. The smallest absolute Gasteiger partial charge is 0.231 e. The lowest BCUT2D eigenvalue weighted by atomic mass is 10.2. The molecule has 2 aromatic rings. The first-order chi connectivity index (χ1) is 11.1. The zero-order valence-electron chi connectivity index (χ0n) is 12.7. The molecule has 0 amide bonds. The molecule has 4 nitrogen and oxygen atoms in total. The highest BCUT2D eigenvalue weighted by Gasteiger charge is 2.13. The molecule has 0 aromatic heterocycles. The minimum absolute atomic E-state index is 0.295. The molecule has 6 heteroatoms. The number of hydrogen-bond donors (Lipinski definition) is 0. The zero-order valence-corrected chi connectivity index (χ0v) is 14.2. The van der Waals surface area contributed by atoms with Gasteiger partial charge in [-0.05, 0) is 36.9 Å². The molecular weight excluding hydrogens is 337 g/mol. The van der Waals surface area contributed by atoms with Gasteiger partial charge in [-0.25, -0.2) is 0 Å². The summed E-state index contributed by atoms with van der Waals surface area (Å²) in [6, 6.07) is 11.2. The summed E-state index contributed by atoms with van der Waals surface area (Å²) < 4.78 is 16.4. The Morgan fingerprint density at radius 3 is 2.78 bits per heavy atom. The highest BCUT2D eigenvalue weighted by Crippen LogP contribution is 2.32. The Morgan fingerprint density at radius 2 is 1.91 bits per heavy atom. The first-order valence-electron chi connectivity index (χ1n) is 7.27. The van der Waals surface area contributed by atoms with Gasteiger partial charge in [0.05, 0.1) is 5.02 Å². The minimum Gasteiger partial charge on any atom is -0.491 e. The van der Waals surface area contributed by atoms with Crippen molar-refractivity contribution in [2.45, 2.75) is 6.54 Å². The second-order valence-corrected chi connectivity index (χ2v) is 6.19. The Morgan fingerprint density at radius 1 is 1.09 bits per heavy atom. The molecule has 0 saturated carbocycles. The van der Waals surface area contributed by atoms with Crippen molar-refractivity contribution in [2.24, 2.45) is 0 Å². The van der Waals surface area contributed by atoms with Crippen molar-refractivity contribution < 1.29 is 14.2 Å². The Bertz CT molecular complexity index is 694. The molecule has 0 bridgehead atoms. The van der Waals surface area contributed by atoms with Crippen LogP contribution in [0.5, 0.6) is 17.2 Å². The molecule has 1 heterocycles. The monoisotopic (exact) mass is 353 g/mol. The highest BCUT2D eigenvalue weighted by molar-refractivity contribution is 6.34. The molecule has 0 aliphatic carbocycles. The number of ether oxygens (including phenoxy) is 3. The van der Waals surface area contributed by atoms with E-state index < -0.39 is 0 Å². The van der Waals surface area contributed by atoms with Gasteiger partial charge in [-0.15, -0.1) is 0 Å². The van der Waals surface area contributed by atoms with Crippen LogP contribution >= 0.6 is 23.2 Å². The Balaban J connectivity index is 1.50. The third kappa shape index (κ3) is 4.22. The molecule has 122 valence electrons. The number of halogens is 2. The molecule has 0 spiro atoms. The van der Waals surface area contributed by atoms with Crippen molar-refractivity contribution in [1.82, 2.24) is 4.90 Å². The summed E-state index contributed by atoms with van der Waals surface area (Å²) in [5, 5.41) is 1.17. The van der Waals surface area contributed by atoms with Crippen LogP contribution in [-0.4, -0.2) is 31.9 Å². The van der Waals surface area contributed by atoms with E-state index in [-0.39, 0.29) is 0 Å². The summed E-state index contributed by atoms with van der Waals surface area (Å²) in [7, 11) is 2.04. The predicted octanol–water partition coefficient (Wildman–Crippen LogP) is 4.23. The third-order valence-corrected chi connectivity index (χ3v) is 4.06. The van der Waals surface area contributed by atoms with Gasteiger partial charge in [-0.2, -0.15) is 0 Å². The van der Waals surface area contributed by atoms with Crippen LogP contribution < -0.4 is 14.2 Å². The fourth-order valence-corrected chi connectivity index (χ4v) is 2.66. The second kappa shape index (κ2) is 7.30. The zero-order chi connectivity index (χ0) is 16.2. The second-order valence-electron chi connectivity index (χ2n) is 5.35. The fraction of sp³-hybridized carbons (Fsp3) is 0.294. The van der Waals surface area contributed by atoms with Gasteiger partial charge in [0.15, 0.2) is 11.5 Å². The SMILES string of the molecule is CN(CCOc1cc(Cl)ccc1Cl)Cc1ccc2c(c1)OCO2. The lowest BCUT2D eigenvalue weighted by Crippen LogP contribution is -2.23. The average molecular weight is 354 g/mol. The van der Waals surface area contributed by atoms with Gasteiger partial charge in [-0.1, -0.05) is 29.3 Å². The van der Waals surface area contributed by atoms with Crippen molar-refractivity contribution in [3.63, 3.8) is 0 Å². The van der Waals surface area contributed by atoms with Crippen molar-refractivity contribution >= 4 is 23.2 Å². The number of benzene rings is 2. The van der Waals surface area contributed by atoms with Crippen molar-refractivity contribution in [1.29, 1.82) is 0 Å². The lowest BCUT2D eigenvalue weighted by molar-refractivity contribution is 0.174. The van der Waals surface area contributed by atoms with Crippen molar-refractivity contribution in [2.75, 3.05) is 27.0 Å². The maximum absolute atomic E-state index is 6.07. The molecular formula is C17H17Cl2NO3. The maximum Gasteiger partial charge on any atom is 0.231 e. The molecule has 0 fully saturated rings. The van der Waals surface area contributed by atoms with Crippen LogP contribution in [0.25, 0.3) is 0 Å². The summed E-state index contributed by atoms with van der Waals surface area (Å²) in [6.07, 6.45) is 0. The molecule has 2 aromatic carbocycles. The van der Waals surface area contributed by atoms with Crippen LogP contribution in [0.4, 0.5) is 0 Å². The average Bonchev–Trinajstić information content (AvgIpc) is 2.98. The Kier molecular flexibility index (Phi) is 5.16. The van der Waals surface area contributed by atoms with E-state index in [0.29, 0.717) is 29.2 Å². The number of rotatable bonds is 6. The molecule has 0 radical (unpaired) electrons. The normalized spacial score (nSPS) is 12.7. The van der Waals surface area contributed by atoms with Gasteiger partial charge >= 0.3 is 0 Å². The van der Waals surface area contributed by atoms with Crippen LogP contribution in [0.2, 0.25) is 10.0 Å². The quantitative estimate of drug-likeness (QED) is 0.777. The van der Waals surface area contributed by atoms with E-state index in [4.69, 9.17) is 37.4 Å². The summed E-state index contributed by atoms with van der Waals surface area (Å²) in [6.45, 7) is 2.38. The molecule has 23 heavy (non-hydrogen) atoms. The fourth-order valence-electron chi connectivity index (χ4n) is 2.33. The van der Waals surface area contributed by atoms with Gasteiger partial charge in [0.25, 0.3) is 0 Å². The van der Waals surface area contributed by atoms with Gasteiger partial charge in [-0.3, -0.25) is 4.90 Å². The van der Waals surface area contributed by atoms with Crippen LogP contribution in [0.1, 0.15) is 5.56 Å². The van der Waals surface area contributed by atoms with Crippen LogP contribution in [0.3, 0.4) is 0 Å². The molecule has 1 aliphatic rings. The van der Waals surface area contributed by atoms with E-state index in [1.165, 1.54) is 0 Å². The lowest BCUT2D eigenvalue weighted by Gasteiger charge is -2.17. The molecule has 0 unspecified atom stereocenters. The largest absolute Gasteiger partial charge is 0.491 e. The van der Waals surface area contributed by atoms with Crippen LogP contribution in [0.15, 0.2) is 36.4 Å². The Hall–Kier alpha value is -1.62. The number of nitrogens with zero attached hydrogens (tertiary/aromatic N) is 1. The van der Waals surface area contributed by atoms with E-state index in [0.717, 1.165) is 30.2 Å². The Labute approximate surface area is 145 Å². The minimum atomic E-state index is 0.295. The molecule has 0 N–H and O–H groups in total. The molecule has 0 saturated heterocycles. The van der Waals surface area contributed by atoms with E-state index in [2.05, 4.69) is 4.90 Å². The van der Waals surface area contributed by atoms with Gasteiger partial charge in [0.1, 0.15) is 12.4 Å². The van der Waals surface area contributed by atoms with Gasteiger partial charge in [0, 0.05) is 24.2 Å². The summed E-state index contributed by atoms with van der Waals surface area (Å²) in [4.78, 5) is 2.16. The van der Waals surface area contributed by atoms with E-state index in [1.54, 1.807) is 18.2 Å². The van der Waals surface area contributed by atoms with E-state index >= 15 is 0 Å². The standard InChI is InChI=1S/C17H17Cl2NO3/c1-20(6-7-21-16-9-13(18)3-4-14(16)19)10-12-2-5-15-17(8-12)23-11-22-15/h2-5,8-9H,6-7,10-11H2,1H3. The van der Waals surface area contributed by atoms with Crippen molar-refractivity contribution in [3.05, 3.63) is 52.0 Å². The first-order valence-corrected chi connectivity index (χ1v) is 8.02. The summed E-state index contributed by atoms with van der Waals surface area (Å²) in [5.41, 5.74) is 1.16. The van der Waals surface area contributed by atoms with E-state index in [1.807, 2.05) is 25.2 Å². The summed E-state index contributed by atoms with van der Waals surface area (Å²) in [5.74, 6) is 2.21. The molecule has 0 atom stereocenters. The maximum atomic E-state index is 6.07. The predicted molar refractivity (Wildman–Crippen MR) is 90.9 cm³/mol. The topological polar surface area (TPSA) is 30.9 Å². The third-order valence-electron chi connectivity index (χ3n) is 3.51. The molecule has 3 rings (SSSR count). The van der Waals surface area contributed by atoms with Crippen molar-refractivity contribution in [3.8, 4) is 17.2 Å².